The standard InChI is InChI=1S/C19H25NO3/c21-18(11-16-10-14-6-7-15(16)9-14)20-12-17(19(22)23)8-13-4-2-1-3-5-13/h1-5,14-17H,6-12H2,(H,20,21)(H,22,23). The second-order valence-corrected chi connectivity index (χ2v) is 7.17. The van der Waals surface area contributed by atoms with E-state index in [1.807, 2.05) is 30.3 Å². The maximum atomic E-state index is 12.2. The Kier molecular flexibility index (Phi) is 4.99. The summed E-state index contributed by atoms with van der Waals surface area (Å²) in [6, 6.07) is 9.57. The van der Waals surface area contributed by atoms with Crippen molar-refractivity contribution < 1.29 is 14.7 Å². The van der Waals surface area contributed by atoms with Crippen LogP contribution in [0, 0.1) is 23.7 Å². The first-order chi connectivity index (χ1) is 11.1. The highest BCUT2D eigenvalue weighted by atomic mass is 16.4. The van der Waals surface area contributed by atoms with Crippen LogP contribution in [0.2, 0.25) is 0 Å². The van der Waals surface area contributed by atoms with Crippen LogP contribution in [0.4, 0.5) is 0 Å². The first-order valence-corrected chi connectivity index (χ1v) is 8.65. The van der Waals surface area contributed by atoms with E-state index in [4.69, 9.17) is 0 Å². The van der Waals surface area contributed by atoms with Crippen LogP contribution in [0.5, 0.6) is 0 Å². The van der Waals surface area contributed by atoms with Crippen LogP contribution in [0.25, 0.3) is 0 Å². The number of carboxylic acid groups (broad SMARTS) is 1. The van der Waals surface area contributed by atoms with Gasteiger partial charge in [0.1, 0.15) is 0 Å². The lowest BCUT2D eigenvalue weighted by Gasteiger charge is -2.21. The summed E-state index contributed by atoms with van der Waals surface area (Å²) in [7, 11) is 0. The fourth-order valence-electron chi connectivity index (χ4n) is 4.32. The Morgan fingerprint density at radius 1 is 1.17 bits per heavy atom. The predicted octanol–water partition coefficient (Wildman–Crippen LogP) is 2.87. The largest absolute Gasteiger partial charge is 0.481 e. The number of carbonyl (C=O) groups excluding carboxylic acids is 1. The number of carboxylic acids is 1. The highest BCUT2D eigenvalue weighted by Gasteiger charge is 2.40. The molecule has 1 aromatic rings. The minimum atomic E-state index is -0.853. The molecule has 1 aromatic carbocycles. The van der Waals surface area contributed by atoms with E-state index in [-0.39, 0.29) is 12.5 Å². The first-order valence-electron chi connectivity index (χ1n) is 8.65. The van der Waals surface area contributed by atoms with E-state index >= 15 is 0 Å². The van der Waals surface area contributed by atoms with Crippen LogP contribution in [0.15, 0.2) is 30.3 Å². The van der Waals surface area contributed by atoms with Gasteiger partial charge in [-0.2, -0.15) is 0 Å². The van der Waals surface area contributed by atoms with E-state index in [2.05, 4.69) is 5.32 Å². The zero-order valence-electron chi connectivity index (χ0n) is 13.4. The average molecular weight is 315 g/mol. The summed E-state index contributed by atoms with van der Waals surface area (Å²) in [4.78, 5) is 23.6. The highest BCUT2D eigenvalue weighted by molar-refractivity contribution is 5.77. The molecule has 0 aromatic heterocycles. The Balaban J connectivity index is 1.46. The van der Waals surface area contributed by atoms with Crippen LogP contribution in [0.3, 0.4) is 0 Å². The lowest BCUT2D eigenvalue weighted by molar-refractivity contribution is -0.141. The molecule has 23 heavy (non-hydrogen) atoms. The SMILES string of the molecule is O=C(CC1CC2CCC1C2)NCC(Cc1ccccc1)C(=O)O. The van der Waals surface area contributed by atoms with Crippen LogP contribution >= 0.6 is 0 Å². The smallest absolute Gasteiger partial charge is 0.308 e. The van der Waals surface area contributed by atoms with Crippen LogP contribution in [0.1, 0.15) is 37.7 Å². The second-order valence-electron chi connectivity index (χ2n) is 7.17. The minimum Gasteiger partial charge on any atom is -0.481 e. The quantitative estimate of drug-likeness (QED) is 0.813. The summed E-state index contributed by atoms with van der Waals surface area (Å²) in [5, 5.41) is 12.2. The van der Waals surface area contributed by atoms with Gasteiger partial charge in [0.15, 0.2) is 0 Å². The zero-order valence-corrected chi connectivity index (χ0v) is 13.4. The molecule has 0 radical (unpaired) electrons. The first kappa shape index (κ1) is 16.0. The molecule has 0 aliphatic heterocycles. The monoisotopic (exact) mass is 315 g/mol. The molecule has 4 heteroatoms. The molecule has 1 amide bonds. The Morgan fingerprint density at radius 3 is 2.57 bits per heavy atom. The number of nitrogens with one attached hydrogen (secondary N) is 1. The number of aliphatic carboxylic acids is 1. The van der Waals surface area contributed by atoms with Crippen molar-refractivity contribution in [2.24, 2.45) is 23.7 Å². The molecule has 4 unspecified atom stereocenters. The Hall–Kier alpha value is -1.84. The van der Waals surface area contributed by atoms with E-state index < -0.39 is 11.9 Å². The van der Waals surface area contributed by atoms with Gasteiger partial charge in [0.2, 0.25) is 5.91 Å². The number of benzene rings is 1. The molecule has 2 aliphatic rings. The van der Waals surface area contributed by atoms with E-state index in [1.165, 1.54) is 25.7 Å². The van der Waals surface area contributed by atoms with Crippen molar-refractivity contribution in [3.8, 4) is 0 Å². The van der Waals surface area contributed by atoms with E-state index in [0.717, 1.165) is 17.4 Å². The van der Waals surface area contributed by atoms with Crippen LogP contribution in [-0.4, -0.2) is 23.5 Å². The Bertz CT molecular complexity index is 557. The molecular formula is C19H25NO3. The van der Waals surface area contributed by atoms with Gasteiger partial charge >= 0.3 is 5.97 Å². The normalized spacial score (nSPS) is 26.9. The molecule has 2 N–H and O–H groups in total. The number of amides is 1. The summed E-state index contributed by atoms with van der Waals surface area (Å²) in [6.07, 6.45) is 6.10. The van der Waals surface area contributed by atoms with Crippen molar-refractivity contribution in [2.75, 3.05) is 6.54 Å². The number of hydrogen-bond acceptors (Lipinski definition) is 2. The number of fused-ring (bicyclic) bond motifs is 2. The van der Waals surface area contributed by atoms with E-state index in [9.17, 15) is 14.7 Å². The zero-order chi connectivity index (χ0) is 16.2. The van der Waals surface area contributed by atoms with Gasteiger partial charge in [-0.3, -0.25) is 9.59 Å². The molecule has 124 valence electrons. The molecule has 2 saturated carbocycles. The summed E-state index contributed by atoms with van der Waals surface area (Å²) >= 11 is 0. The third-order valence-electron chi connectivity index (χ3n) is 5.55. The van der Waals surface area contributed by atoms with Gasteiger partial charge in [0.05, 0.1) is 5.92 Å². The molecular weight excluding hydrogens is 290 g/mol. The van der Waals surface area contributed by atoms with Gasteiger partial charge in [-0.1, -0.05) is 36.8 Å². The average Bonchev–Trinajstić information content (AvgIpc) is 3.15. The Morgan fingerprint density at radius 2 is 1.96 bits per heavy atom. The summed E-state index contributed by atoms with van der Waals surface area (Å²) < 4.78 is 0. The lowest BCUT2D eigenvalue weighted by Crippen LogP contribution is -2.35. The summed E-state index contributed by atoms with van der Waals surface area (Å²) in [6.45, 7) is 0.212. The molecule has 4 atom stereocenters. The molecule has 3 rings (SSSR count). The van der Waals surface area contributed by atoms with Crippen LogP contribution in [-0.2, 0) is 16.0 Å². The maximum Gasteiger partial charge on any atom is 0.308 e. The number of hydrogen-bond donors (Lipinski definition) is 2. The lowest BCUT2D eigenvalue weighted by atomic mass is 9.86. The third-order valence-corrected chi connectivity index (χ3v) is 5.55. The van der Waals surface area contributed by atoms with Gasteiger partial charge in [0.25, 0.3) is 0 Å². The molecule has 2 bridgehead atoms. The fourth-order valence-corrected chi connectivity index (χ4v) is 4.32. The van der Waals surface area contributed by atoms with Crippen molar-refractivity contribution in [3.63, 3.8) is 0 Å². The summed E-state index contributed by atoms with van der Waals surface area (Å²) in [5.74, 6) is 0.677. The maximum absolute atomic E-state index is 12.2. The molecule has 0 heterocycles. The van der Waals surface area contributed by atoms with Gasteiger partial charge in [-0.05, 0) is 49.0 Å². The van der Waals surface area contributed by atoms with Gasteiger partial charge < -0.3 is 10.4 Å². The molecule has 2 aliphatic carbocycles. The summed E-state index contributed by atoms with van der Waals surface area (Å²) in [5.41, 5.74) is 0.988. The Labute approximate surface area is 137 Å². The molecule has 0 spiro atoms. The molecule has 4 nitrogen and oxygen atoms in total. The van der Waals surface area contributed by atoms with Gasteiger partial charge in [0, 0.05) is 13.0 Å². The number of rotatable bonds is 7. The predicted molar refractivity (Wildman–Crippen MR) is 87.8 cm³/mol. The highest BCUT2D eigenvalue weighted by Crippen LogP contribution is 2.49. The van der Waals surface area contributed by atoms with Crippen LogP contribution < -0.4 is 5.32 Å². The van der Waals surface area contributed by atoms with E-state index in [0.29, 0.717) is 18.8 Å². The van der Waals surface area contributed by atoms with Crippen molar-refractivity contribution in [2.45, 2.75) is 38.5 Å². The van der Waals surface area contributed by atoms with Crippen molar-refractivity contribution in [3.05, 3.63) is 35.9 Å². The minimum absolute atomic E-state index is 0.0156. The fraction of sp³-hybridized carbons (Fsp3) is 0.579. The topological polar surface area (TPSA) is 66.4 Å². The van der Waals surface area contributed by atoms with E-state index in [1.54, 1.807) is 0 Å². The molecule has 0 saturated heterocycles. The van der Waals surface area contributed by atoms with Gasteiger partial charge in [-0.25, -0.2) is 0 Å². The van der Waals surface area contributed by atoms with Crippen molar-refractivity contribution in [1.82, 2.24) is 5.32 Å². The third kappa shape index (κ3) is 4.12. The van der Waals surface area contributed by atoms with Crippen molar-refractivity contribution >= 4 is 11.9 Å². The number of carbonyl (C=O) groups is 2. The second kappa shape index (κ2) is 7.16. The van der Waals surface area contributed by atoms with Gasteiger partial charge in [-0.15, -0.1) is 0 Å². The van der Waals surface area contributed by atoms with Crippen molar-refractivity contribution in [1.29, 1.82) is 0 Å². The molecule has 2 fully saturated rings.